The number of carbonyl (C=O) groups is 1. The Balaban J connectivity index is 1.50. The fraction of sp³-hybridized carbons (Fsp3) is 0.611. The van der Waals surface area contributed by atoms with Crippen LogP contribution in [0.15, 0.2) is 23.1 Å². The van der Waals surface area contributed by atoms with E-state index in [4.69, 9.17) is 4.74 Å². The first kappa shape index (κ1) is 15.6. The van der Waals surface area contributed by atoms with Crippen LogP contribution in [0.5, 0.6) is 5.75 Å². The Hall–Kier alpha value is -1.60. The lowest BCUT2D eigenvalue weighted by Gasteiger charge is -2.30. The zero-order valence-electron chi connectivity index (χ0n) is 14.1. The predicted molar refractivity (Wildman–Crippen MR) is 90.8 cm³/mol. The van der Waals surface area contributed by atoms with Crippen LogP contribution in [0.1, 0.15) is 31.2 Å². The second kappa shape index (κ2) is 5.20. The van der Waals surface area contributed by atoms with Gasteiger partial charge in [-0.3, -0.25) is 4.79 Å². The van der Waals surface area contributed by atoms with Gasteiger partial charge < -0.3 is 9.64 Å². The number of carbonyl (C=O) groups excluding carboxylic acids is 1. The lowest BCUT2D eigenvalue weighted by Crippen LogP contribution is -2.51. The maximum atomic E-state index is 13.3. The molecule has 0 N–H and O–H groups in total. The van der Waals surface area contributed by atoms with Crippen LogP contribution < -0.4 is 4.74 Å². The number of benzene rings is 1. The molecule has 1 saturated carbocycles. The fourth-order valence-electron chi connectivity index (χ4n) is 4.78. The van der Waals surface area contributed by atoms with Crippen LogP contribution in [0.2, 0.25) is 0 Å². The standard InChI is InChI=1S/C18H22N2O4S/c21-17(19-7-1-2-8-19)18-12-14(18)5-9-20(18)25(22,23)15-3-4-16-13(11-15)6-10-24-16/h3-4,11,14H,1-2,5-10,12H2. The van der Waals surface area contributed by atoms with Crippen LogP contribution in [0, 0.1) is 5.92 Å². The van der Waals surface area contributed by atoms with Crippen LogP contribution in [0.3, 0.4) is 0 Å². The molecule has 3 heterocycles. The van der Waals surface area contributed by atoms with Gasteiger partial charge in [0.05, 0.1) is 11.5 Å². The quantitative estimate of drug-likeness (QED) is 0.815. The Kier molecular flexibility index (Phi) is 3.26. The maximum absolute atomic E-state index is 13.3. The van der Waals surface area contributed by atoms with E-state index in [2.05, 4.69) is 0 Å². The molecule has 7 heteroatoms. The average Bonchev–Trinajstić information content (AvgIpc) is 3.08. The molecule has 0 bridgehead atoms. The molecular formula is C18H22N2O4S. The second-order valence-corrected chi connectivity index (χ2v) is 9.42. The smallest absolute Gasteiger partial charge is 0.244 e. The fourth-order valence-corrected chi connectivity index (χ4v) is 6.65. The van der Waals surface area contributed by atoms with E-state index >= 15 is 0 Å². The molecule has 1 aromatic carbocycles. The highest BCUT2D eigenvalue weighted by atomic mass is 32.2. The van der Waals surface area contributed by atoms with E-state index in [0.29, 0.717) is 19.6 Å². The highest BCUT2D eigenvalue weighted by Gasteiger charge is 2.71. The Morgan fingerprint density at radius 3 is 2.76 bits per heavy atom. The van der Waals surface area contributed by atoms with Crippen molar-refractivity contribution in [3.05, 3.63) is 23.8 Å². The van der Waals surface area contributed by atoms with Gasteiger partial charge in [0.2, 0.25) is 15.9 Å². The number of amides is 1. The third-order valence-corrected chi connectivity index (χ3v) is 8.15. The number of nitrogens with zero attached hydrogens (tertiary/aromatic N) is 2. The first-order valence-corrected chi connectivity index (χ1v) is 10.6. The summed E-state index contributed by atoms with van der Waals surface area (Å²) in [5.74, 6) is 0.987. The van der Waals surface area contributed by atoms with Gasteiger partial charge in [-0.05, 0) is 55.4 Å². The molecule has 134 valence electrons. The Morgan fingerprint density at radius 1 is 1.20 bits per heavy atom. The number of sulfonamides is 1. The number of fused-ring (bicyclic) bond motifs is 2. The van der Waals surface area contributed by atoms with Crippen molar-refractivity contribution in [2.24, 2.45) is 5.92 Å². The molecule has 0 radical (unpaired) electrons. The molecule has 5 rings (SSSR count). The van der Waals surface area contributed by atoms with Crippen molar-refractivity contribution >= 4 is 15.9 Å². The predicted octanol–water partition coefficient (Wildman–Crippen LogP) is 1.40. The van der Waals surface area contributed by atoms with Gasteiger partial charge >= 0.3 is 0 Å². The van der Waals surface area contributed by atoms with Crippen molar-refractivity contribution < 1.29 is 17.9 Å². The van der Waals surface area contributed by atoms with E-state index in [1.165, 1.54) is 4.31 Å². The van der Waals surface area contributed by atoms with Crippen LogP contribution in [0.4, 0.5) is 0 Å². The van der Waals surface area contributed by atoms with Crippen LogP contribution in [0.25, 0.3) is 0 Å². The zero-order chi connectivity index (χ0) is 17.2. The first-order valence-electron chi connectivity index (χ1n) is 9.11. The van der Waals surface area contributed by atoms with Gasteiger partial charge in [-0.25, -0.2) is 8.42 Å². The average molecular weight is 362 g/mol. The van der Waals surface area contributed by atoms with Gasteiger partial charge in [-0.1, -0.05) is 0 Å². The van der Waals surface area contributed by atoms with Gasteiger partial charge in [0.15, 0.2) is 0 Å². The molecule has 0 spiro atoms. The molecule has 2 unspecified atom stereocenters. The summed E-state index contributed by atoms with van der Waals surface area (Å²) in [6.45, 7) is 2.57. The summed E-state index contributed by atoms with van der Waals surface area (Å²) >= 11 is 0. The summed E-state index contributed by atoms with van der Waals surface area (Å²) in [5, 5.41) is 0. The molecule has 25 heavy (non-hydrogen) atoms. The van der Waals surface area contributed by atoms with Crippen molar-refractivity contribution in [3.8, 4) is 5.75 Å². The highest BCUT2D eigenvalue weighted by molar-refractivity contribution is 7.89. The van der Waals surface area contributed by atoms with Crippen molar-refractivity contribution in [1.29, 1.82) is 0 Å². The SMILES string of the molecule is O=C(N1CCCC1)C12CC1CCN2S(=O)(=O)c1ccc2c(c1)CCO2. The summed E-state index contributed by atoms with van der Waals surface area (Å²) < 4.78 is 33.6. The topological polar surface area (TPSA) is 66.9 Å². The summed E-state index contributed by atoms with van der Waals surface area (Å²) in [5.41, 5.74) is 0.131. The largest absolute Gasteiger partial charge is 0.493 e. The molecule has 3 aliphatic heterocycles. The minimum atomic E-state index is -3.67. The maximum Gasteiger partial charge on any atom is 0.244 e. The number of ether oxygens (including phenoxy) is 1. The minimum Gasteiger partial charge on any atom is -0.493 e. The van der Waals surface area contributed by atoms with Crippen LogP contribution in [-0.4, -0.2) is 55.3 Å². The van der Waals surface area contributed by atoms with E-state index in [1.54, 1.807) is 18.2 Å². The lowest BCUT2D eigenvalue weighted by atomic mass is 10.2. The van der Waals surface area contributed by atoms with E-state index in [-0.39, 0.29) is 16.7 Å². The molecule has 0 aromatic heterocycles. The summed E-state index contributed by atoms with van der Waals surface area (Å²) in [6, 6.07) is 5.08. The van der Waals surface area contributed by atoms with Crippen molar-refractivity contribution in [1.82, 2.24) is 9.21 Å². The Bertz CT molecular complexity index is 847. The molecule has 4 aliphatic rings. The summed E-state index contributed by atoms with van der Waals surface area (Å²) in [4.78, 5) is 15.2. The van der Waals surface area contributed by atoms with Crippen molar-refractivity contribution in [3.63, 3.8) is 0 Å². The van der Waals surface area contributed by atoms with Gasteiger partial charge in [0, 0.05) is 26.1 Å². The Morgan fingerprint density at radius 2 is 2.00 bits per heavy atom. The van der Waals surface area contributed by atoms with Crippen molar-refractivity contribution in [2.45, 2.75) is 42.5 Å². The van der Waals surface area contributed by atoms with Crippen LogP contribution >= 0.6 is 0 Å². The van der Waals surface area contributed by atoms with Gasteiger partial charge in [-0.15, -0.1) is 0 Å². The van der Waals surface area contributed by atoms with Gasteiger partial charge in [-0.2, -0.15) is 4.31 Å². The monoisotopic (exact) mass is 362 g/mol. The third-order valence-electron chi connectivity index (χ3n) is 6.21. The summed E-state index contributed by atoms with van der Waals surface area (Å²) in [6.07, 6.45) is 4.23. The van der Waals surface area contributed by atoms with Gasteiger partial charge in [0.25, 0.3) is 0 Å². The minimum absolute atomic E-state index is 0.0283. The highest BCUT2D eigenvalue weighted by Crippen LogP contribution is 2.58. The third kappa shape index (κ3) is 2.11. The molecule has 2 saturated heterocycles. The number of hydrogen-bond donors (Lipinski definition) is 0. The molecule has 1 amide bonds. The molecule has 1 aliphatic carbocycles. The van der Waals surface area contributed by atoms with E-state index < -0.39 is 15.6 Å². The Labute approximate surface area is 147 Å². The van der Waals surface area contributed by atoms with Gasteiger partial charge in [0.1, 0.15) is 11.3 Å². The normalized spacial score (nSPS) is 30.9. The first-order chi connectivity index (χ1) is 12.0. The number of hydrogen-bond acceptors (Lipinski definition) is 4. The lowest BCUT2D eigenvalue weighted by molar-refractivity contribution is -0.135. The second-order valence-electron chi connectivity index (χ2n) is 7.56. The zero-order valence-corrected chi connectivity index (χ0v) is 14.9. The summed E-state index contributed by atoms with van der Waals surface area (Å²) in [7, 11) is -3.67. The van der Waals surface area contributed by atoms with E-state index in [1.807, 2.05) is 4.90 Å². The molecule has 2 atom stereocenters. The molecular weight excluding hydrogens is 340 g/mol. The van der Waals surface area contributed by atoms with E-state index in [0.717, 1.165) is 50.1 Å². The number of rotatable bonds is 3. The van der Waals surface area contributed by atoms with Crippen LogP contribution in [-0.2, 0) is 21.2 Å². The molecule has 3 fully saturated rings. The van der Waals surface area contributed by atoms with E-state index in [9.17, 15) is 13.2 Å². The van der Waals surface area contributed by atoms with Crippen molar-refractivity contribution in [2.75, 3.05) is 26.2 Å². The molecule has 6 nitrogen and oxygen atoms in total. The number of likely N-dealkylation sites (tertiary alicyclic amines) is 1. The molecule has 1 aromatic rings. The number of piperidine rings is 1.